The standard InChI is InChI=1S/C12H25NO2/c1-3-4-11(9-10(2)14)13-7-5-12(15)6-8-13/h10-12,14-15H,3-9H2,1-2H3. The fourth-order valence-electron chi connectivity index (χ4n) is 2.43. The zero-order valence-corrected chi connectivity index (χ0v) is 10.0. The molecule has 0 aromatic heterocycles. The normalized spacial score (nSPS) is 24.0. The summed E-state index contributed by atoms with van der Waals surface area (Å²) in [6, 6.07) is 0.502. The van der Waals surface area contributed by atoms with Gasteiger partial charge in [-0.15, -0.1) is 0 Å². The van der Waals surface area contributed by atoms with Gasteiger partial charge in [0.2, 0.25) is 0 Å². The third kappa shape index (κ3) is 4.49. The van der Waals surface area contributed by atoms with E-state index in [-0.39, 0.29) is 12.2 Å². The zero-order valence-electron chi connectivity index (χ0n) is 10.0. The van der Waals surface area contributed by atoms with Gasteiger partial charge in [0.25, 0.3) is 0 Å². The van der Waals surface area contributed by atoms with Gasteiger partial charge in [-0.2, -0.15) is 0 Å². The predicted molar refractivity (Wildman–Crippen MR) is 61.8 cm³/mol. The third-order valence-corrected chi connectivity index (χ3v) is 3.25. The van der Waals surface area contributed by atoms with E-state index in [1.807, 2.05) is 6.92 Å². The maximum atomic E-state index is 9.46. The Kier molecular flexibility index (Phi) is 5.58. The maximum absolute atomic E-state index is 9.46. The van der Waals surface area contributed by atoms with Gasteiger partial charge in [0.15, 0.2) is 0 Å². The van der Waals surface area contributed by atoms with E-state index in [0.29, 0.717) is 6.04 Å². The minimum atomic E-state index is -0.214. The second kappa shape index (κ2) is 6.46. The second-order valence-corrected chi connectivity index (χ2v) is 4.79. The van der Waals surface area contributed by atoms with Crippen LogP contribution in [0.2, 0.25) is 0 Å². The molecule has 1 fully saturated rings. The number of hydrogen-bond acceptors (Lipinski definition) is 3. The fourth-order valence-corrected chi connectivity index (χ4v) is 2.43. The summed E-state index contributed by atoms with van der Waals surface area (Å²) in [5.74, 6) is 0. The van der Waals surface area contributed by atoms with Crippen LogP contribution in [-0.2, 0) is 0 Å². The summed E-state index contributed by atoms with van der Waals surface area (Å²) in [5, 5.41) is 18.9. The van der Waals surface area contributed by atoms with Crippen molar-refractivity contribution in [3.8, 4) is 0 Å². The van der Waals surface area contributed by atoms with E-state index in [4.69, 9.17) is 0 Å². The van der Waals surface area contributed by atoms with Crippen molar-refractivity contribution in [1.29, 1.82) is 0 Å². The van der Waals surface area contributed by atoms with Gasteiger partial charge in [-0.05, 0) is 32.6 Å². The lowest BCUT2D eigenvalue weighted by Gasteiger charge is -2.36. The Morgan fingerprint density at radius 3 is 2.40 bits per heavy atom. The van der Waals surface area contributed by atoms with Gasteiger partial charge < -0.3 is 15.1 Å². The summed E-state index contributed by atoms with van der Waals surface area (Å²) in [7, 11) is 0. The molecule has 0 spiro atoms. The second-order valence-electron chi connectivity index (χ2n) is 4.79. The van der Waals surface area contributed by atoms with Crippen LogP contribution in [0.4, 0.5) is 0 Å². The first-order chi connectivity index (χ1) is 7.13. The molecule has 90 valence electrons. The van der Waals surface area contributed by atoms with Crippen LogP contribution in [-0.4, -0.2) is 46.5 Å². The molecular formula is C12H25NO2. The molecular weight excluding hydrogens is 190 g/mol. The summed E-state index contributed by atoms with van der Waals surface area (Å²) in [5.41, 5.74) is 0. The average molecular weight is 215 g/mol. The summed E-state index contributed by atoms with van der Waals surface area (Å²) in [4.78, 5) is 2.43. The van der Waals surface area contributed by atoms with E-state index >= 15 is 0 Å². The molecule has 0 saturated carbocycles. The number of hydrogen-bond donors (Lipinski definition) is 2. The van der Waals surface area contributed by atoms with Crippen molar-refractivity contribution < 1.29 is 10.2 Å². The van der Waals surface area contributed by atoms with Crippen LogP contribution in [0.5, 0.6) is 0 Å². The van der Waals surface area contributed by atoms with E-state index < -0.39 is 0 Å². The molecule has 3 nitrogen and oxygen atoms in total. The van der Waals surface area contributed by atoms with Crippen molar-refractivity contribution >= 4 is 0 Å². The topological polar surface area (TPSA) is 43.7 Å². The summed E-state index contributed by atoms with van der Waals surface area (Å²) in [6.07, 6.45) is 4.64. The van der Waals surface area contributed by atoms with Gasteiger partial charge in [0.05, 0.1) is 12.2 Å². The number of aliphatic hydroxyl groups excluding tert-OH is 2. The molecule has 0 aliphatic carbocycles. The lowest BCUT2D eigenvalue weighted by Crippen LogP contribution is -2.43. The predicted octanol–water partition coefficient (Wildman–Crippen LogP) is 1.38. The van der Waals surface area contributed by atoms with E-state index in [1.54, 1.807) is 0 Å². The van der Waals surface area contributed by atoms with Crippen LogP contribution in [0, 0.1) is 0 Å². The van der Waals surface area contributed by atoms with Gasteiger partial charge in [0.1, 0.15) is 0 Å². The van der Waals surface area contributed by atoms with Crippen molar-refractivity contribution in [3.05, 3.63) is 0 Å². The summed E-state index contributed by atoms with van der Waals surface area (Å²) >= 11 is 0. The number of rotatable bonds is 5. The van der Waals surface area contributed by atoms with Crippen LogP contribution >= 0.6 is 0 Å². The van der Waals surface area contributed by atoms with Crippen molar-refractivity contribution in [3.63, 3.8) is 0 Å². The molecule has 1 heterocycles. The van der Waals surface area contributed by atoms with E-state index in [2.05, 4.69) is 11.8 Å². The number of aliphatic hydroxyl groups is 2. The lowest BCUT2D eigenvalue weighted by molar-refractivity contribution is 0.0412. The Morgan fingerprint density at radius 2 is 1.93 bits per heavy atom. The van der Waals surface area contributed by atoms with Crippen LogP contribution in [0.15, 0.2) is 0 Å². The number of nitrogens with zero attached hydrogens (tertiary/aromatic N) is 1. The SMILES string of the molecule is CCCC(CC(C)O)N1CCC(O)CC1. The van der Waals surface area contributed by atoms with Crippen molar-refractivity contribution in [2.24, 2.45) is 0 Å². The lowest BCUT2D eigenvalue weighted by atomic mass is 9.99. The minimum absolute atomic E-state index is 0.102. The van der Waals surface area contributed by atoms with Crippen LogP contribution < -0.4 is 0 Å². The van der Waals surface area contributed by atoms with Gasteiger partial charge in [-0.3, -0.25) is 0 Å². The molecule has 2 N–H and O–H groups in total. The Morgan fingerprint density at radius 1 is 1.33 bits per heavy atom. The number of piperidine rings is 1. The molecule has 0 amide bonds. The smallest absolute Gasteiger partial charge is 0.0564 e. The Labute approximate surface area is 93.1 Å². The van der Waals surface area contributed by atoms with E-state index in [9.17, 15) is 10.2 Å². The monoisotopic (exact) mass is 215 g/mol. The minimum Gasteiger partial charge on any atom is -0.393 e. The Bertz CT molecular complexity index is 165. The van der Waals surface area contributed by atoms with E-state index in [1.165, 1.54) is 0 Å². The van der Waals surface area contributed by atoms with Crippen molar-refractivity contribution in [2.75, 3.05) is 13.1 Å². The highest BCUT2D eigenvalue weighted by Gasteiger charge is 2.24. The molecule has 1 aliphatic heterocycles. The molecule has 0 bridgehead atoms. The highest BCUT2D eigenvalue weighted by molar-refractivity contribution is 4.79. The Balaban J connectivity index is 2.40. The molecule has 2 atom stereocenters. The fraction of sp³-hybridized carbons (Fsp3) is 1.00. The van der Waals surface area contributed by atoms with Crippen LogP contribution in [0.3, 0.4) is 0 Å². The molecule has 0 aromatic rings. The first kappa shape index (κ1) is 12.9. The highest BCUT2D eigenvalue weighted by Crippen LogP contribution is 2.19. The molecule has 1 rings (SSSR count). The zero-order chi connectivity index (χ0) is 11.3. The average Bonchev–Trinajstić information content (AvgIpc) is 2.17. The molecule has 3 heteroatoms. The maximum Gasteiger partial charge on any atom is 0.0564 e. The molecule has 2 unspecified atom stereocenters. The van der Waals surface area contributed by atoms with Gasteiger partial charge >= 0.3 is 0 Å². The molecule has 1 saturated heterocycles. The van der Waals surface area contributed by atoms with Crippen molar-refractivity contribution in [2.45, 2.75) is 64.2 Å². The number of likely N-dealkylation sites (tertiary alicyclic amines) is 1. The quantitative estimate of drug-likeness (QED) is 0.728. The highest BCUT2D eigenvalue weighted by atomic mass is 16.3. The molecule has 0 radical (unpaired) electrons. The Hall–Kier alpha value is -0.120. The first-order valence-corrected chi connectivity index (χ1v) is 6.23. The summed E-state index contributed by atoms with van der Waals surface area (Å²) in [6.45, 7) is 6.02. The van der Waals surface area contributed by atoms with Gasteiger partial charge in [-0.1, -0.05) is 13.3 Å². The molecule has 0 aromatic carbocycles. The van der Waals surface area contributed by atoms with E-state index in [0.717, 1.165) is 45.2 Å². The van der Waals surface area contributed by atoms with Crippen molar-refractivity contribution in [1.82, 2.24) is 4.90 Å². The molecule has 1 aliphatic rings. The van der Waals surface area contributed by atoms with Crippen LogP contribution in [0.1, 0.15) is 46.0 Å². The van der Waals surface area contributed by atoms with Gasteiger partial charge in [0, 0.05) is 19.1 Å². The largest absolute Gasteiger partial charge is 0.393 e. The first-order valence-electron chi connectivity index (χ1n) is 6.23. The third-order valence-electron chi connectivity index (χ3n) is 3.25. The summed E-state index contributed by atoms with van der Waals surface area (Å²) < 4.78 is 0. The molecule has 15 heavy (non-hydrogen) atoms. The van der Waals surface area contributed by atoms with Gasteiger partial charge in [-0.25, -0.2) is 0 Å². The van der Waals surface area contributed by atoms with Crippen LogP contribution in [0.25, 0.3) is 0 Å².